The number of hydrogen-bond donors (Lipinski definition) is 0. The number of imide groups is 1. The number of rotatable bonds is 5. The maximum atomic E-state index is 12.8. The second kappa shape index (κ2) is 7.88. The number of hydrogen-bond acceptors (Lipinski definition) is 8. The van der Waals surface area contributed by atoms with Gasteiger partial charge in [0.05, 0.1) is 23.5 Å². The summed E-state index contributed by atoms with van der Waals surface area (Å²) in [7, 11) is 1.33. The summed E-state index contributed by atoms with van der Waals surface area (Å²) in [6.07, 6.45) is 1.43. The Morgan fingerprint density at radius 3 is 2.70 bits per heavy atom. The van der Waals surface area contributed by atoms with Gasteiger partial charge in [-0.15, -0.1) is 0 Å². The average Bonchev–Trinajstić information content (AvgIpc) is 3.27. The number of ether oxygens (including phenoxy) is 3. The highest BCUT2D eigenvalue weighted by Crippen LogP contribution is 2.39. The molecule has 0 unspecified atom stereocenters. The first-order valence-electron chi connectivity index (χ1n) is 8.53. The molecular weight excluding hydrogens is 436 g/mol. The van der Waals surface area contributed by atoms with E-state index in [-0.39, 0.29) is 29.7 Å². The van der Waals surface area contributed by atoms with Crippen LogP contribution in [0.1, 0.15) is 11.1 Å². The predicted octanol–water partition coefficient (Wildman–Crippen LogP) is 4.22. The SMILES string of the molecule is COc1ccc(/C=C2/SC(=O)N(Cc3cc4c(cc3Cl)OCO4)C2=O)cc1[N+](=O)[O-]. The number of benzene rings is 2. The lowest BCUT2D eigenvalue weighted by Gasteiger charge is -2.14. The molecule has 0 bridgehead atoms. The zero-order valence-corrected chi connectivity index (χ0v) is 17.0. The van der Waals surface area contributed by atoms with E-state index in [9.17, 15) is 19.7 Å². The largest absolute Gasteiger partial charge is 0.490 e. The molecule has 30 heavy (non-hydrogen) atoms. The molecule has 0 atom stereocenters. The van der Waals surface area contributed by atoms with Gasteiger partial charge in [-0.2, -0.15) is 0 Å². The highest BCUT2D eigenvalue weighted by Gasteiger charge is 2.36. The van der Waals surface area contributed by atoms with Crippen molar-refractivity contribution in [3.8, 4) is 17.2 Å². The third kappa shape index (κ3) is 3.66. The van der Waals surface area contributed by atoms with E-state index < -0.39 is 16.1 Å². The lowest BCUT2D eigenvalue weighted by atomic mass is 10.1. The quantitative estimate of drug-likeness (QED) is 0.380. The molecule has 0 aliphatic carbocycles. The van der Waals surface area contributed by atoms with Gasteiger partial charge in [-0.05, 0) is 41.1 Å². The fourth-order valence-corrected chi connectivity index (χ4v) is 4.03. The first-order valence-corrected chi connectivity index (χ1v) is 9.72. The molecule has 2 heterocycles. The Hall–Kier alpha value is -3.24. The van der Waals surface area contributed by atoms with Crippen molar-refractivity contribution >= 4 is 46.3 Å². The molecule has 0 spiro atoms. The number of halogens is 1. The minimum Gasteiger partial charge on any atom is -0.490 e. The molecule has 2 amide bonds. The minimum absolute atomic E-state index is 0.0414. The van der Waals surface area contributed by atoms with Crippen molar-refractivity contribution < 1.29 is 28.7 Å². The molecule has 0 N–H and O–H groups in total. The number of methoxy groups -OCH3 is 1. The summed E-state index contributed by atoms with van der Waals surface area (Å²) in [5, 5.41) is 11.1. The van der Waals surface area contributed by atoms with Gasteiger partial charge in [0.25, 0.3) is 11.1 Å². The van der Waals surface area contributed by atoms with Gasteiger partial charge in [-0.25, -0.2) is 0 Å². The Balaban J connectivity index is 1.59. The second-order valence-electron chi connectivity index (χ2n) is 6.25. The standard InChI is InChI=1S/C19H13ClN2O7S/c1-27-14-3-2-10(4-13(14)22(25)26)5-17-18(23)21(19(24)30-17)8-11-6-15-16(7-12(11)20)29-9-28-15/h2-7H,8-9H2,1H3/b17-5+. The Kier molecular flexibility index (Phi) is 5.27. The van der Waals surface area contributed by atoms with Crippen LogP contribution in [0.5, 0.6) is 17.2 Å². The van der Waals surface area contributed by atoms with Gasteiger partial charge in [0, 0.05) is 17.2 Å². The van der Waals surface area contributed by atoms with Crippen molar-refractivity contribution in [2.75, 3.05) is 13.9 Å². The van der Waals surface area contributed by atoms with Crippen LogP contribution >= 0.6 is 23.4 Å². The van der Waals surface area contributed by atoms with E-state index in [1.807, 2.05) is 0 Å². The molecule has 11 heteroatoms. The molecule has 1 saturated heterocycles. The molecule has 154 valence electrons. The van der Waals surface area contributed by atoms with E-state index in [1.54, 1.807) is 18.2 Å². The molecule has 2 aromatic rings. The number of nitro benzene ring substituents is 1. The van der Waals surface area contributed by atoms with E-state index in [0.717, 1.165) is 16.7 Å². The van der Waals surface area contributed by atoms with Crippen LogP contribution in [0.4, 0.5) is 10.5 Å². The van der Waals surface area contributed by atoms with Crippen LogP contribution < -0.4 is 14.2 Å². The van der Waals surface area contributed by atoms with Crippen molar-refractivity contribution in [2.45, 2.75) is 6.54 Å². The second-order valence-corrected chi connectivity index (χ2v) is 7.65. The van der Waals surface area contributed by atoms with Crippen molar-refractivity contribution in [2.24, 2.45) is 0 Å². The number of thioether (sulfide) groups is 1. The lowest BCUT2D eigenvalue weighted by Crippen LogP contribution is -2.27. The van der Waals surface area contributed by atoms with Gasteiger partial charge < -0.3 is 14.2 Å². The van der Waals surface area contributed by atoms with E-state index in [4.69, 9.17) is 25.8 Å². The predicted molar refractivity (Wildman–Crippen MR) is 109 cm³/mol. The Labute approximate surface area is 179 Å². The summed E-state index contributed by atoms with van der Waals surface area (Å²) < 4.78 is 15.5. The average molecular weight is 449 g/mol. The monoisotopic (exact) mass is 448 g/mol. The molecule has 0 saturated carbocycles. The summed E-state index contributed by atoms with van der Waals surface area (Å²) in [5.74, 6) is 0.571. The van der Waals surface area contributed by atoms with Gasteiger partial charge in [-0.3, -0.25) is 24.6 Å². The van der Waals surface area contributed by atoms with E-state index in [1.165, 1.54) is 25.3 Å². The third-order valence-electron chi connectivity index (χ3n) is 4.44. The topological polar surface area (TPSA) is 108 Å². The number of fused-ring (bicyclic) bond motifs is 1. The third-order valence-corrected chi connectivity index (χ3v) is 5.70. The highest BCUT2D eigenvalue weighted by molar-refractivity contribution is 8.18. The van der Waals surface area contributed by atoms with Crippen molar-refractivity contribution in [1.82, 2.24) is 4.90 Å². The van der Waals surface area contributed by atoms with Gasteiger partial charge in [0.2, 0.25) is 6.79 Å². The maximum absolute atomic E-state index is 12.8. The molecule has 4 rings (SSSR count). The summed E-state index contributed by atoms with van der Waals surface area (Å²) in [5.41, 5.74) is 0.691. The summed E-state index contributed by atoms with van der Waals surface area (Å²) in [6.45, 7) is 0.0354. The smallest absolute Gasteiger partial charge is 0.311 e. The zero-order valence-electron chi connectivity index (χ0n) is 15.4. The van der Waals surface area contributed by atoms with E-state index in [2.05, 4.69) is 0 Å². The van der Waals surface area contributed by atoms with Gasteiger partial charge in [0.15, 0.2) is 17.2 Å². The molecule has 0 radical (unpaired) electrons. The Bertz CT molecular complexity index is 1120. The fourth-order valence-electron chi connectivity index (χ4n) is 2.98. The summed E-state index contributed by atoms with van der Waals surface area (Å²) in [6, 6.07) is 7.48. The maximum Gasteiger partial charge on any atom is 0.311 e. The number of carbonyl (C=O) groups excluding carboxylic acids is 2. The molecule has 1 fully saturated rings. The molecule has 2 aromatic carbocycles. The lowest BCUT2D eigenvalue weighted by molar-refractivity contribution is -0.385. The van der Waals surface area contributed by atoms with Crippen LogP contribution in [0.3, 0.4) is 0 Å². The van der Waals surface area contributed by atoms with Gasteiger partial charge in [-0.1, -0.05) is 17.7 Å². The van der Waals surface area contributed by atoms with Crippen LogP contribution in [0, 0.1) is 10.1 Å². The number of nitrogens with zero attached hydrogens (tertiary/aromatic N) is 2. The number of carbonyl (C=O) groups is 2. The normalized spacial score (nSPS) is 16.5. The Morgan fingerprint density at radius 2 is 2.00 bits per heavy atom. The summed E-state index contributed by atoms with van der Waals surface area (Å²) in [4.78, 5) is 37.0. The molecule has 0 aromatic heterocycles. The molecule has 2 aliphatic heterocycles. The Morgan fingerprint density at radius 1 is 1.27 bits per heavy atom. The highest BCUT2D eigenvalue weighted by atomic mass is 35.5. The van der Waals surface area contributed by atoms with Crippen LogP contribution in [0.2, 0.25) is 5.02 Å². The van der Waals surface area contributed by atoms with Crippen molar-refractivity contribution in [3.05, 3.63) is 61.5 Å². The number of amides is 2. The van der Waals surface area contributed by atoms with Gasteiger partial charge in [0.1, 0.15) is 0 Å². The minimum atomic E-state index is -0.580. The molecule has 2 aliphatic rings. The van der Waals surface area contributed by atoms with Crippen LogP contribution in [-0.4, -0.2) is 34.9 Å². The first kappa shape index (κ1) is 20.0. The zero-order chi connectivity index (χ0) is 21.4. The van der Waals surface area contributed by atoms with Crippen molar-refractivity contribution in [1.29, 1.82) is 0 Å². The van der Waals surface area contributed by atoms with Crippen LogP contribution in [-0.2, 0) is 11.3 Å². The fraction of sp³-hybridized carbons (Fsp3) is 0.158. The van der Waals surface area contributed by atoms with E-state index in [0.29, 0.717) is 27.6 Å². The summed E-state index contributed by atoms with van der Waals surface area (Å²) >= 11 is 6.99. The molecule has 9 nitrogen and oxygen atoms in total. The van der Waals surface area contributed by atoms with E-state index >= 15 is 0 Å². The number of nitro groups is 1. The molecular formula is C19H13ClN2O7S. The van der Waals surface area contributed by atoms with Crippen molar-refractivity contribution in [3.63, 3.8) is 0 Å². The van der Waals surface area contributed by atoms with Gasteiger partial charge >= 0.3 is 5.69 Å². The first-order chi connectivity index (χ1) is 14.4. The van der Waals surface area contributed by atoms with Crippen LogP contribution in [0.25, 0.3) is 6.08 Å². The van der Waals surface area contributed by atoms with Crippen LogP contribution in [0.15, 0.2) is 35.2 Å².